The summed E-state index contributed by atoms with van der Waals surface area (Å²) in [5, 5.41) is 2.85. The van der Waals surface area contributed by atoms with Crippen LogP contribution in [0.15, 0.2) is 24.3 Å². The van der Waals surface area contributed by atoms with E-state index in [1.54, 1.807) is 0 Å². The highest BCUT2D eigenvalue weighted by molar-refractivity contribution is 5.81. The molecule has 1 aromatic rings. The van der Waals surface area contributed by atoms with Gasteiger partial charge >= 0.3 is 6.09 Å². The lowest BCUT2D eigenvalue weighted by atomic mass is 9.67. The molecule has 1 heterocycles. The van der Waals surface area contributed by atoms with Gasteiger partial charge in [-0.25, -0.2) is 4.79 Å². The summed E-state index contributed by atoms with van der Waals surface area (Å²) in [5.41, 5.74) is 2.48. The molecule has 1 aromatic carbocycles. The third kappa shape index (κ3) is 2.90. The molecule has 2 aliphatic carbocycles. The molecule has 3 aliphatic rings. The molecular weight excluding hydrogens is 316 g/mol. The number of benzene rings is 1. The number of ether oxygens (including phenoxy) is 1. The van der Waals surface area contributed by atoms with Crippen molar-refractivity contribution in [2.75, 3.05) is 13.7 Å². The van der Waals surface area contributed by atoms with Gasteiger partial charge in [-0.05, 0) is 49.1 Å². The summed E-state index contributed by atoms with van der Waals surface area (Å²) in [6, 6.07) is 9.24. The van der Waals surface area contributed by atoms with Gasteiger partial charge in [0.2, 0.25) is 5.91 Å². The summed E-state index contributed by atoms with van der Waals surface area (Å²) in [4.78, 5) is 25.8. The Bertz CT molecular complexity index is 673. The fourth-order valence-electron chi connectivity index (χ4n) is 4.44. The Hall–Kier alpha value is -2.04. The molecule has 5 heteroatoms. The average Bonchev–Trinajstić information content (AvgIpc) is 2.94. The van der Waals surface area contributed by atoms with Crippen LogP contribution in [0.25, 0.3) is 0 Å². The highest BCUT2D eigenvalue weighted by Crippen LogP contribution is 2.44. The van der Waals surface area contributed by atoms with Crippen LogP contribution < -0.4 is 5.32 Å². The van der Waals surface area contributed by atoms with Gasteiger partial charge in [-0.1, -0.05) is 31.2 Å². The lowest BCUT2D eigenvalue weighted by molar-refractivity contribution is -0.143. The summed E-state index contributed by atoms with van der Waals surface area (Å²) in [6.45, 7) is 2.57. The van der Waals surface area contributed by atoms with Crippen molar-refractivity contribution in [3.63, 3.8) is 0 Å². The smallest absolute Gasteiger partial charge is 0.407 e. The molecular formula is C20H26N2O3. The summed E-state index contributed by atoms with van der Waals surface area (Å²) in [5.74, 6) is 0.813. The number of amides is 2. The van der Waals surface area contributed by atoms with Gasteiger partial charge in [-0.15, -0.1) is 0 Å². The number of carbonyl (C=O) groups is 2. The molecule has 2 amide bonds. The van der Waals surface area contributed by atoms with E-state index in [9.17, 15) is 9.59 Å². The first-order valence-electron chi connectivity index (χ1n) is 9.30. The molecule has 4 rings (SSSR count). The lowest BCUT2D eigenvalue weighted by Crippen LogP contribution is -2.59. The van der Waals surface area contributed by atoms with E-state index in [1.807, 2.05) is 11.9 Å². The Labute approximate surface area is 148 Å². The number of nitrogens with one attached hydrogen (secondary N) is 1. The molecule has 3 fully saturated rings. The first-order chi connectivity index (χ1) is 12.0. The fraction of sp³-hybridized carbons (Fsp3) is 0.600. The van der Waals surface area contributed by atoms with E-state index < -0.39 is 0 Å². The fourth-order valence-corrected chi connectivity index (χ4v) is 4.44. The van der Waals surface area contributed by atoms with Crippen molar-refractivity contribution in [3.05, 3.63) is 35.4 Å². The van der Waals surface area contributed by atoms with E-state index in [4.69, 9.17) is 4.74 Å². The van der Waals surface area contributed by atoms with Crippen LogP contribution in [0.4, 0.5) is 4.79 Å². The molecule has 0 aromatic heterocycles. The zero-order valence-corrected chi connectivity index (χ0v) is 15.0. The van der Waals surface area contributed by atoms with Crippen LogP contribution in [-0.2, 0) is 16.0 Å². The lowest BCUT2D eigenvalue weighted by Gasteiger charge is -2.47. The Balaban J connectivity index is 1.27. The van der Waals surface area contributed by atoms with E-state index in [0.717, 1.165) is 19.3 Å². The summed E-state index contributed by atoms with van der Waals surface area (Å²) < 4.78 is 4.98. The molecule has 1 saturated heterocycles. The maximum Gasteiger partial charge on any atom is 0.407 e. The number of nitrogens with zero attached hydrogens (tertiary/aromatic N) is 1. The number of hydrogen-bond acceptors (Lipinski definition) is 3. The van der Waals surface area contributed by atoms with Crippen LogP contribution in [0, 0.1) is 5.92 Å². The van der Waals surface area contributed by atoms with Gasteiger partial charge in [-0.3, -0.25) is 4.79 Å². The number of cyclic esters (lactones) is 1. The molecule has 2 saturated carbocycles. The number of hydrogen-bond donors (Lipinski definition) is 1. The highest BCUT2D eigenvalue weighted by Gasteiger charge is 2.53. The monoisotopic (exact) mass is 342 g/mol. The minimum atomic E-state index is -0.352. The number of carbonyl (C=O) groups excluding carboxylic acids is 2. The average molecular weight is 342 g/mol. The Morgan fingerprint density at radius 3 is 2.52 bits per heavy atom. The summed E-state index contributed by atoms with van der Waals surface area (Å²) >= 11 is 0. The topological polar surface area (TPSA) is 58.6 Å². The molecule has 134 valence electrons. The second-order valence-electron chi connectivity index (χ2n) is 7.95. The van der Waals surface area contributed by atoms with Crippen LogP contribution in [-0.4, -0.2) is 42.1 Å². The van der Waals surface area contributed by atoms with Gasteiger partial charge in [0.1, 0.15) is 6.61 Å². The molecule has 1 N–H and O–H groups in total. The molecule has 0 unspecified atom stereocenters. The largest absolute Gasteiger partial charge is 0.447 e. The molecule has 0 atom stereocenters. The maximum absolute atomic E-state index is 12.7. The second-order valence-corrected chi connectivity index (χ2v) is 7.95. The van der Waals surface area contributed by atoms with Gasteiger partial charge in [0.05, 0.1) is 5.54 Å². The van der Waals surface area contributed by atoms with E-state index >= 15 is 0 Å². The van der Waals surface area contributed by atoms with Gasteiger partial charge in [-0.2, -0.15) is 0 Å². The minimum Gasteiger partial charge on any atom is -0.447 e. The molecule has 1 spiro atoms. The van der Waals surface area contributed by atoms with Gasteiger partial charge < -0.3 is 15.0 Å². The van der Waals surface area contributed by atoms with Gasteiger partial charge in [0.15, 0.2) is 0 Å². The Kier molecular flexibility index (Phi) is 3.97. The third-order valence-electron chi connectivity index (χ3n) is 6.34. The second kappa shape index (κ2) is 6.04. The predicted molar refractivity (Wildman–Crippen MR) is 94.3 cm³/mol. The Morgan fingerprint density at radius 2 is 1.96 bits per heavy atom. The normalized spacial score (nSPS) is 33.2. The van der Waals surface area contributed by atoms with E-state index in [0.29, 0.717) is 31.4 Å². The minimum absolute atomic E-state index is 0.0230. The van der Waals surface area contributed by atoms with Crippen LogP contribution in [0.1, 0.15) is 49.7 Å². The SMILES string of the molecule is CCc1ccc([C@H]2C[C@@H](N(C)C(=O)[C@H]3C[C@]4(COC(=O)N4)C3)C2)cc1. The van der Waals surface area contributed by atoms with E-state index in [-0.39, 0.29) is 23.5 Å². The van der Waals surface area contributed by atoms with Crippen molar-refractivity contribution in [2.24, 2.45) is 5.92 Å². The number of alkyl carbamates (subject to hydrolysis) is 1. The van der Waals surface area contributed by atoms with Crippen LogP contribution in [0.3, 0.4) is 0 Å². The van der Waals surface area contributed by atoms with Crippen LogP contribution in [0.2, 0.25) is 0 Å². The van der Waals surface area contributed by atoms with Crippen LogP contribution >= 0.6 is 0 Å². The highest BCUT2D eigenvalue weighted by atomic mass is 16.6. The molecule has 0 bridgehead atoms. The van der Waals surface area contributed by atoms with Crippen molar-refractivity contribution in [1.29, 1.82) is 0 Å². The van der Waals surface area contributed by atoms with Crippen molar-refractivity contribution >= 4 is 12.0 Å². The van der Waals surface area contributed by atoms with Crippen molar-refractivity contribution in [3.8, 4) is 0 Å². The number of aryl methyl sites for hydroxylation is 1. The van der Waals surface area contributed by atoms with Crippen molar-refractivity contribution in [1.82, 2.24) is 10.2 Å². The molecule has 1 aliphatic heterocycles. The molecule has 5 nitrogen and oxygen atoms in total. The number of rotatable bonds is 4. The zero-order valence-electron chi connectivity index (χ0n) is 15.0. The quantitative estimate of drug-likeness (QED) is 0.915. The molecule has 0 radical (unpaired) electrons. The maximum atomic E-state index is 12.7. The van der Waals surface area contributed by atoms with E-state index in [1.165, 1.54) is 11.1 Å². The standard InChI is InChI=1S/C20H26N2O3/c1-3-13-4-6-14(7-5-13)15-8-17(9-15)22(2)18(23)16-10-20(11-16)12-25-19(24)21-20/h4-7,15-17H,3,8-12H2,1-2H3,(H,21,24)/t15-,16-,17+,20+. The van der Waals surface area contributed by atoms with Gasteiger partial charge in [0, 0.05) is 19.0 Å². The van der Waals surface area contributed by atoms with E-state index in [2.05, 4.69) is 36.5 Å². The van der Waals surface area contributed by atoms with Crippen LogP contribution in [0.5, 0.6) is 0 Å². The first-order valence-corrected chi connectivity index (χ1v) is 9.30. The van der Waals surface area contributed by atoms with Crippen molar-refractivity contribution < 1.29 is 14.3 Å². The summed E-state index contributed by atoms with van der Waals surface area (Å²) in [6.07, 6.45) is 4.22. The molecule has 25 heavy (non-hydrogen) atoms. The van der Waals surface area contributed by atoms with Gasteiger partial charge in [0.25, 0.3) is 0 Å². The summed E-state index contributed by atoms with van der Waals surface area (Å²) in [7, 11) is 1.93. The van der Waals surface area contributed by atoms with Crippen molar-refractivity contribution in [2.45, 2.75) is 56.5 Å². The zero-order chi connectivity index (χ0) is 17.6. The third-order valence-corrected chi connectivity index (χ3v) is 6.34. The first kappa shape index (κ1) is 16.4. The predicted octanol–water partition coefficient (Wildman–Crippen LogP) is 2.84. The Morgan fingerprint density at radius 1 is 1.28 bits per heavy atom.